The lowest BCUT2D eigenvalue weighted by Crippen LogP contribution is -2.34. The molecule has 1 aliphatic rings. The highest BCUT2D eigenvalue weighted by atomic mass is 16.6. The predicted octanol–water partition coefficient (Wildman–Crippen LogP) is 13.0. The van der Waals surface area contributed by atoms with Crippen molar-refractivity contribution in [3.05, 3.63) is 227 Å². The van der Waals surface area contributed by atoms with Crippen molar-refractivity contribution in [1.29, 1.82) is 0 Å². The molecule has 1 heterocycles. The van der Waals surface area contributed by atoms with Gasteiger partial charge in [-0.15, -0.1) is 0 Å². The lowest BCUT2D eigenvalue weighted by atomic mass is 9.76. The number of carbonyl (C=O) groups excluding carboxylic acids is 1. The van der Waals surface area contributed by atoms with E-state index in [1.54, 1.807) is 0 Å². The Bertz CT molecular complexity index is 2660. The summed E-state index contributed by atoms with van der Waals surface area (Å²) in [5.41, 5.74) is 5.50. The Morgan fingerprint density at radius 1 is 0.508 bits per heavy atom. The maximum Gasteiger partial charge on any atom is 0.316 e. The molecule has 330 valence electrons. The van der Waals surface area contributed by atoms with Gasteiger partial charge in [0.05, 0.1) is 17.1 Å². The molecule has 0 N–H and O–H groups in total. The molecule has 7 aromatic carbocycles. The first kappa shape index (κ1) is 44.2. The van der Waals surface area contributed by atoms with E-state index in [1.165, 1.54) is 0 Å². The molecule has 0 saturated heterocycles. The molecule has 0 aromatic heterocycles. The molecule has 0 amide bonds. The minimum Gasteiger partial charge on any atom is -0.489 e. The highest BCUT2D eigenvalue weighted by Crippen LogP contribution is 2.55. The molecule has 8 heteroatoms. The first-order valence-electron chi connectivity index (χ1n) is 22.0. The van der Waals surface area contributed by atoms with Crippen molar-refractivity contribution >= 4 is 11.5 Å². The number of benzene rings is 7. The molecule has 0 saturated carbocycles. The second kappa shape index (κ2) is 20.8. The maximum atomic E-state index is 14.5. The summed E-state index contributed by atoms with van der Waals surface area (Å²) in [7, 11) is 0. The van der Waals surface area contributed by atoms with Crippen LogP contribution in [-0.4, -0.2) is 12.1 Å². The molecule has 0 spiro atoms. The van der Waals surface area contributed by atoms with Crippen LogP contribution in [0.3, 0.4) is 0 Å². The Kier molecular flexibility index (Phi) is 14.1. The lowest BCUT2D eigenvalue weighted by Gasteiger charge is -2.38. The molecule has 0 aliphatic carbocycles. The molecule has 1 atom stereocenters. The van der Waals surface area contributed by atoms with E-state index >= 15 is 0 Å². The fourth-order valence-corrected chi connectivity index (χ4v) is 7.59. The average Bonchev–Trinajstić information content (AvgIpc) is 3.34. The fraction of sp³-hybridized carbons (Fsp3) is 0.211. The summed E-state index contributed by atoms with van der Waals surface area (Å²) in [6.07, 6.45) is -1.25. The summed E-state index contributed by atoms with van der Waals surface area (Å²) in [5.74, 6) is 2.53. The second-order valence-electron chi connectivity index (χ2n) is 16.7. The number of hydrogen-bond acceptors (Lipinski definition) is 8. The Morgan fingerprint density at radius 3 is 1.42 bits per heavy atom. The summed E-state index contributed by atoms with van der Waals surface area (Å²) >= 11 is 0. The highest BCUT2D eigenvalue weighted by molar-refractivity contribution is 5.97. The van der Waals surface area contributed by atoms with Gasteiger partial charge < -0.3 is 33.2 Å². The van der Waals surface area contributed by atoms with E-state index < -0.39 is 17.5 Å². The molecule has 7 aromatic rings. The minimum absolute atomic E-state index is 0.193. The zero-order chi connectivity index (χ0) is 45.0. The SMILES string of the molecule is CC(C)OC(=O)C(C)(C)C1=C(OCc2ccccc2)[C@@H](c2ccc(OCc3ccccc3)c(OCc3ccccc3)c2)Oc2cc(OCc3ccccc3)cc(OCc3ccccc3)c21. The van der Waals surface area contributed by atoms with Crippen LogP contribution >= 0.6 is 0 Å². The van der Waals surface area contributed by atoms with Gasteiger partial charge in [-0.3, -0.25) is 4.79 Å². The molecular weight excluding hydrogens is 813 g/mol. The minimum atomic E-state index is -1.28. The predicted molar refractivity (Wildman–Crippen MR) is 253 cm³/mol. The zero-order valence-corrected chi connectivity index (χ0v) is 37.3. The summed E-state index contributed by atoms with van der Waals surface area (Å²) in [4.78, 5) is 14.5. The first-order chi connectivity index (χ1) is 31.7. The van der Waals surface area contributed by atoms with Gasteiger partial charge in [0.15, 0.2) is 17.6 Å². The summed E-state index contributed by atoms with van der Waals surface area (Å²) in [6, 6.07) is 59.3. The van der Waals surface area contributed by atoms with Crippen LogP contribution in [0.1, 0.15) is 72.7 Å². The van der Waals surface area contributed by atoms with Crippen molar-refractivity contribution < 1.29 is 38.0 Å². The monoisotopic (exact) mass is 866 g/mol. The molecule has 0 bridgehead atoms. The molecule has 0 radical (unpaired) electrons. The van der Waals surface area contributed by atoms with Crippen LogP contribution in [0.5, 0.6) is 28.7 Å². The third kappa shape index (κ3) is 11.2. The van der Waals surface area contributed by atoms with Crippen LogP contribution in [0.2, 0.25) is 0 Å². The van der Waals surface area contributed by atoms with Crippen molar-refractivity contribution in [2.75, 3.05) is 0 Å². The van der Waals surface area contributed by atoms with E-state index in [1.807, 2.05) is 210 Å². The standard InChI is InChI=1S/C57H54O8/c1-40(2)64-56(58)57(3,4)53-52-50(62-38-44-26-16-8-17-27-44)33-47(59-35-41-20-10-5-11-21-41)34-51(52)65-54(55(53)63-39-45-28-18-9-19-29-45)46-30-31-48(60-36-42-22-12-6-13-23-42)49(32-46)61-37-43-24-14-7-15-25-43/h5-34,40,54H,35-39H2,1-4H3/t54-/m1/s1. The van der Waals surface area contributed by atoms with Crippen molar-refractivity contribution in [1.82, 2.24) is 0 Å². The van der Waals surface area contributed by atoms with E-state index in [9.17, 15) is 4.79 Å². The van der Waals surface area contributed by atoms with Crippen molar-refractivity contribution in [3.63, 3.8) is 0 Å². The van der Waals surface area contributed by atoms with E-state index in [0.717, 1.165) is 27.8 Å². The fourth-order valence-electron chi connectivity index (χ4n) is 7.59. The molecule has 0 fully saturated rings. The second-order valence-corrected chi connectivity index (χ2v) is 16.7. The number of fused-ring (bicyclic) bond motifs is 1. The molecular formula is C57H54O8. The van der Waals surface area contributed by atoms with Gasteiger partial charge in [0.25, 0.3) is 0 Å². The van der Waals surface area contributed by atoms with Gasteiger partial charge >= 0.3 is 5.97 Å². The topological polar surface area (TPSA) is 81.7 Å². The van der Waals surface area contributed by atoms with Gasteiger partial charge in [0.1, 0.15) is 56.0 Å². The molecule has 1 aliphatic heterocycles. The van der Waals surface area contributed by atoms with Gasteiger partial charge in [-0.25, -0.2) is 0 Å². The summed E-state index contributed by atoms with van der Waals surface area (Å²) < 4.78 is 46.5. The van der Waals surface area contributed by atoms with Crippen molar-refractivity contribution in [2.24, 2.45) is 5.41 Å². The number of ether oxygens (including phenoxy) is 7. The Hall–Kier alpha value is -7.45. The largest absolute Gasteiger partial charge is 0.489 e. The van der Waals surface area contributed by atoms with Gasteiger partial charge in [-0.2, -0.15) is 0 Å². The Balaban J connectivity index is 1.30. The zero-order valence-electron chi connectivity index (χ0n) is 37.3. The van der Waals surface area contributed by atoms with Crippen LogP contribution < -0.4 is 23.7 Å². The van der Waals surface area contributed by atoms with Gasteiger partial charge in [0.2, 0.25) is 0 Å². The Labute approximate surface area is 382 Å². The van der Waals surface area contributed by atoms with Crippen LogP contribution in [0.25, 0.3) is 5.57 Å². The van der Waals surface area contributed by atoms with Crippen molar-refractivity contribution in [2.45, 2.75) is 72.9 Å². The van der Waals surface area contributed by atoms with Crippen LogP contribution in [-0.2, 0) is 47.3 Å². The van der Waals surface area contributed by atoms with Crippen LogP contribution in [0.4, 0.5) is 0 Å². The van der Waals surface area contributed by atoms with E-state index in [2.05, 4.69) is 0 Å². The van der Waals surface area contributed by atoms with E-state index in [-0.39, 0.29) is 19.3 Å². The van der Waals surface area contributed by atoms with Crippen molar-refractivity contribution in [3.8, 4) is 28.7 Å². The third-order valence-electron chi connectivity index (χ3n) is 11.0. The maximum absolute atomic E-state index is 14.5. The summed E-state index contributed by atoms with van der Waals surface area (Å²) in [5, 5.41) is 0. The number of esters is 1. The Morgan fingerprint density at radius 2 is 0.938 bits per heavy atom. The molecule has 8 nitrogen and oxygen atoms in total. The molecule has 0 unspecified atom stereocenters. The van der Waals surface area contributed by atoms with E-state index in [0.29, 0.717) is 71.0 Å². The molecule has 65 heavy (non-hydrogen) atoms. The first-order valence-corrected chi connectivity index (χ1v) is 22.0. The van der Waals surface area contributed by atoms with Gasteiger partial charge in [-0.1, -0.05) is 158 Å². The quantitative estimate of drug-likeness (QED) is 0.0744. The van der Waals surface area contributed by atoms with Gasteiger partial charge in [-0.05, 0) is 67.6 Å². The normalized spacial score (nSPS) is 13.3. The van der Waals surface area contributed by atoms with E-state index in [4.69, 9.17) is 33.2 Å². The smallest absolute Gasteiger partial charge is 0.316 e. The van der Waals surface area contributed by atoms with Crippen LogP contribution in [0.15, 0.2) is 188 Å². The third-order valence-corrected chi connectivity index (χ3v) is 11.0. The number of hydrogen-bond donors (Lipinski definition) is 0. The number of carbonyl (C=O) groups is 1. The summed E-state index contributed by atoms with van der Waals surface area (Å²) in [6.45, 7) is 8.81. The van der Waals surface area contributed by atoms with Crippen LogP contribution in [0, 0.1) is 5.41 Å². The number of rotatable bonds is 19. The lowest BCUT2D eigenvalue weighted by molar-refractivity contribution is -0.154. The average molecular weight is 867 g/mol. The van der Waals surface area contributed by atoms with Gasteiger partial charge in [0, 0.05) is 23.3 Å². The molecule has 8 rings (SSSR count). The highest BCUT2D eigenvalue weighted by Gasteiger charge is 2.46.